The summed E-state index contributed by atoms with van der Waals surface area (Å²) in [6.07, 6.45) is 6.55. The van der Waals surface area contributed by atoms with E-state index in [1.54, 1.807) is 0 Å². The molecule has 22 heavy (non-hydrogen) atoms. The van der Waals surface area contributed by atoms with Gasteiger partial charge in [0, 0.05) is 0 Å². The monoisotopic (exact) mass is 307 g/mol. The quantitative estimate of drug-likeness (QED) is 0.687. The number of hydrogen-bond acceptors (Lipinski definition) is 3. The molecule has 0 radical (unpaired) electrons. The van der Waals surface area contributed by atoms with Crippen LogP contribution in [0.25, 0.3) is 0 Å². The molecular formula is C19H33NO2. The minimum absolute atomic E-state index is 0.0681. The molecule has 4 N–H and O–H groups in total. The van der Waals surface area contributed by atoms with Crippen molar-refractivity contribution in [1.29, 1.82) is 0 Å². The molecule has 0 saturated heterocycles. The Kier molecular flexibility index (Phi) is 4.20. The highest BCUT2D eigenvalue weighted by molar-refractivity contribution is 5.21. The highest BCUT2D eigenvalue weighted by Crippen LogP contribution is 2.60. The number of rotatable bonds is 2. The summed E-state index contributed by atoms with van der Waals surface area (Å²) in [5, 5.41) is 21.2. The molecule has 3 fully saturated rings. The maximum Gasteiger partial charge on any atom is 0.0610 e. The molecule has 0 aliphatic heterocycles. The maximum atomic E-state index is 11.2. The van der Waals surface area contributed by atoms with Crippen LogP contribution in [0.15, 0.2) is 12.2 Å². The molecule has 7 atom stereocenters. The minimum Gasteiger partial charge on any atom is -0.393 e. The summed E-state index contributed by atoms with van der Waals surface area (Å²) in [5.41, 5.74) is 7.59. The lowest BCUT2D eigenvalue weighted by Crippen LogP contribution is -2.54. The summed E-state index contributed by atoms with van der Waals surface area (Å²) in [7, 11) is 0. The zero-order chi connectivity index (χ0) is 16.1. The second-order valence-electron chi connectivity index (χ2n) is 8.67. The number of nitrogens with two attached hydrogens (primary N) is 1. The fraction of sp³-hybridized carbons (Fsp3) is 0.895. The van der Waals surface area contributed by atoms with E-state index in [0.29, 0.717) is 24.3 Å². The molecule has 0 aromatic rings. The van der Waals surface area contributed by atoms with Crippen LogP contribution in [0.2, 0.25) is 0 Å². The van der Waals surface area contributed by atoms with E-state index in [4.69, 9.17) is 5.73 Å². The summed E-state index contributed by atoms with van der Waals surface area (Å²) < 4.78 is 0. The molecule has 7 unspecified atom stereocenters. The molecule has 0 amide bonds. The van der Waals surface area contributed by atoms with Crippen LogP contribution in [0.5, 0.6) is 0 Å². The van der Waals surface area contributed by atoms with E-state index in [0.717, 1.165) is 44.9 Å². The molecule has 0 aromatic heterocycles. The molecule has 3 aliphatic rings. The molecular weight excluding hydrogens is 274 g/mol. The van der Waals surface area contributed by atoms with Gasteiger partial charge in [0.15, 0.2) is 0 Å². The standard InChI is InChI=1S/C19H33NO2/c1-12-4-5-15-17(22)16(7-9-18(12,15)2)19(3)8-6-14(21)10-13(19)11-20/h13-17,21-22H,1,4-11,20H2,2-3H3. The number of hydrogen-bond donors (Lipinski definition) is 3. The Morgan fingerprint density at radius 2 is 1.86 bits per heavy atom. The van der Waals surface area contributed by atoms with Crippen molar-refractivity contribution in [3.8, 4) is 0 Å². The molecule has 0 bridgehead atoms. The number of fused-ring (bicyclic) bond motifs is 1. The zero-order valence-corrected chi connectivity index (χ0v) is 14.2. The molecule has 3 saturated carbocycles. The first-order chi connectivity index (χ1) is 10.3. The van der Waals surface area contributed by atoms with Gasteiger partial charge in [-0.2, -0.15) is 0 Å². The van der Waals surface area contributed by atoms with Gasteiger partial charge in [0.2, 0.25) is 0 Å². The third kappa shape index (κ3) is 2.28. The van der Waals surface area contributed by atoms with Gasteiger partial charge in [0.1, 0.15) is 0 Å². The second-order valence-corrected chi connectivity index (χ2v) is 8.67. The van der Waals surface area contributed by atoms with Crippen LogP contribution < -0.4 is 5.73 Å². The van der Waals surface area contributed by atoms with Crippen molar-refractivity contribution in [2.45, 2.75) is 71.0 Å². The van der Waals surface area contributed by atoms with Gasteiger partial charge in [0.25, 0.3) is 0 Å². The summed E-state index contributed by atoms with van der Waals surface area (Å²) in [6.45, 7) is 9.51. The van der Waals surface area contributed by atoms with Crippen molar-refractivity contribution < 1.29 is 10.2 Å². The minimum atomic E-state index is -0.243. The maximum absolute atomic E-state index is 11.2. The molecule has 0 spiro atoms. The van der Waals surface area contributed by atoms with Crippen molar-refractivity contribution in [3.05, 3.63) is 12.2 Å². The van der Waals surface area contributed by atoms with Crippen LogP contribution in [0.1, 0.15) is 58.8 Å². The summed E-state index contributed by atoms with van der Waals surface area (Å²) in [5.74, 6) is 1.00. The van der Waals surface area contributed by atoms with Gasteiger partial charge < -0.3 is 15.9 Å². The first-order valence-corrected chi connectivity index (χ1v) is 9.07. The highest BCUT2D eigenvalue weighted by atomic mass is 16.3. The molecule has 3 rings (SSSR count). The SMILES string of the molecule is C=C1CCC2C(O)C(C3(C)CCC(O)CC3CN)CCC12C. The Labute approximate surface area is 135 Å². The highest BCUT2D eigenvalue weighted by Gasteiger charge is 2.56. The Morgan fingerprint density at radius 1 is 1.14 bits per heavy atom. The van der Waals surface area contributed by atoms with Gasteiger partial charge in [-0.25, -0.2) is 0 Å². The molecule has 3 heteroatoms. The van der Waals surface area contributed by atoms with E-state index in [9.17, 15) is 10.2 Å². The Bertz CT molecular complexity index is 451. The summed E-state index contributed by atoms with van der Waals surface area (Å²) in [6, 6.07) is 0. The number of aliphatic hydroxyl groups is 2. The van der Waals surface area contributed by atoms with Gasteiger partial charge >= 0.3 is 0 Å². The third-order valence-corrected chi connectivity index (χ3v) is 7.82. The van der Waals surface area contributed by atoms with Crippen LogP contribution >= 0.6 is 0 Å². The van der Waals surface area contributed by atoms with E-state index in [-0.39, 0.29) is 23.0 Å². The summed E-state index contributed by atoms with van der Waals surface area (Å²) in [4.78, 5) is 0. The lowest BCUT2D eigenvalue weighted by molar-refractivity contribution is -0.117. The van der Waals surface area contributed by atoms with E-state index in [1.165, 1.54) is 5.57 Å². The van der Waals surface area contributed by atoms with Crippen molar-refractivity contribution in [2.24, 2.45) is 34.3 Å². The largest absolute Gasteiger partial charge is 0.393 e. The van der Waals surface area contributed by atoms with E-state index < -0.39 is 0 Å². The fourth-order valence-electron chi connectivity index (χ4n) is 5.98. The average Bonchev–Trinajstić information content (AvgIpc) is 2.78. The van der Waals surface area contributed by atoms with Crippen molar-refractivity contribution in [1.82, 2.24) is 0 Å². The van der Waals surface area contributed by atoms with Crippen LogP contribution in [-0.4, -0.2) is 29.0 Å². The van der Waals surface area contributed by atoms with Gasteiger partial charge in [-0.3, -0.25) is 0 Å². The van der Waals surface area contributed by atoms with E-state index >= 15 is 0 Å². The molecule has 0 heterocycles. The first kappa shape index (κ1) is 16.5. The smallest absolute Gasteiger partial charge is 0.0610 e. The van der Waals surface area contributed by atoms with Crippen LogP contribution in [0, 0.1) is 28.6 Å². The van der Waals surface area contributed by atoms with Gasteiger partial charge in [0.05, 0.1) is 12.2 Å². The Hall–Kier alpha value is -0.380. The van der Waals surface area contributed by atoms with E-state index in [1.807, 2.05) is 0 Å². The molecule has 3 aliphatic carbocycles. The normalized spacial score (nSPS) is 52.6. The summed E-state index contributed by atoms with van der Waals surface area (Å²) >= 11 is 0. The zero-order valence-electron chi connectivity index (χ0n) is 14.2. The Balaban J connectivity index is 1.85. The van der Waals surface area contributed by atoms with Gasteiger partial charge in [-0.1, -0.05) is 26.0 Å². The lowest BCUT2D eigenvalue weighted by Gasteiger charge is -2.55. The number of allylic oxidation sites excluding steroid dienone is 1. The van der Waals surface area contributed by atoms with E-state index in [2.05, 4.69) is 20.4 Å². The first-order valence-electron chi connectivity index (χ1n) is 9.07. The van der Waals surface area contributed by atoms with Crippen molar-refractivity contribution in [2.75, 3.05) is 6.54 Å². The predicted octanol–water partition coefficient (Wildman–Crippen LogP) is 2.86. The lowest BCUT2D eigenvalue weighted by atomic mass is 9.52. The second kappa shape index (κ2) is 5.61. The van der Waals surface area contributed by atoms with Crippen LogP contribution in [0.3, 0.4) is 0 Å². The average molecular weight is 307 g/mol. The topological polar surface area (TPSA) is 66.5 Å². The number of aliphatic hydroxyl groups excluding tert-OH is 2. The Morgan fingerprint density at radius 3 is 2.55 bits per heavy atom. The van der Waals surface area contributed by atoms with Crippen molar-refractivity contribution in [3.63, 3.8) is 0 Å². The third-order valence-electron chi connectivity index (χ3n) is 7.82. The molecule has 126 valence electrons. The van der Waals surface area contributed by atoms with Crippen LogP contribution in [0.4, 0.5) is 0 Å². The fourth-order valence-corrected chi connectivity index (χ4v) is 5.98. The molecule has 0 aromatic carbocycles. The predicted molar refractivity (Wildman–Crippen MR) is 89.2 cm³/mol. The van der Waals surface area contributed by atoms with Crippen molar-refractivity contribution >= 4 is 0 Å². The van der Waals surface area contributed by atoms with Gasteiger partial charge in [-0.05, 0) is 80.1 Å². The van der Waals surface area contributed by atoms with Crippen LogP contribution in [-0.2, 0) is 0 Å². The van der Waals surface area contributed by atoms with Gasteiger partial charge in [-0.15, -0.1) is 0 Å². The molecule has 3 nitrogen and oxygen atoms in total.